The molecule has 0 radical (unpaired) electrons. The Morgan fingerprint density at radius 2 is 1.92 bits per heavy atom. The number of carbonyl (C=O) groups excluding carboxylic acids is 1. The second-order valence-electron chi connectivity index (χ2n) is 7.19. The number of benzene rings is 2. The summed E-state index contributed by atoms with van der Waals surface area (Å²) in [5.74, 6) is 0.147. The summed E-state index contributed by atoms with van der Waals surface area (Å²) in [7, 11) is 2.15. The molecular weight excluding hydrogens is 308 g/mol. The molecule has 0 saturated heterocycles. The van der Waals surface area contributed by atoms with Gasteiger partial charge < -0.3 is 10.2 Å². The smallest absolute Gasteiger partial charge is 0.275 e. The molecule has 3 heteroatoms. The number of carbonyl (C=O) groups is 1. The lowest BCUT2D eigenvalue weighted by Gasteiger charge is -2.30. The van der Waals surface area contributed by atoms with Crippen molar-refractivity contribution in [1.82, 2.24) is 5.32 Å². The summed E-state index contributed by atoms with van der Waals surface area (Å²) >= 11 is 0. The topological polar surface area (TPSA) is 33.5 Å². The quantitative estimate of drug-likeness (QED) is 0.833. The first-order chi connectivity index (χ1) is 12.1. The number of amides is 1. The largest absolute Gasteiger partial charge is 0.351 e. The van der Waals surface area contributed by atoms with E-state index in [1.807, 2.05) is 0 Å². The van der Waals surface area contributed by atoms with Gasteiger partial charge in [-0.3, -0.25) is 4.79 Å². The van der Waals surface area contributed by atoms with Gasteiger partial charge in [-0.1, -0.05) is 48.5 Å². The van der Waals surface area contributed by atoms with Crippen LogP contribution in [0.25, 0.3) is 0 Å². The number of hydrogen-bond donors (Lipinski definition) is 2. The van der Waals surface area contributed by atoms with Crippen molar-refractivity contribution in [1.29, 1.82) is 0 Å². The third-order valence-corrected chi connectivity index (χ3v) is 5.38. The molecule has 0 fully saturated rings. The Balaban J connectivity index is 1.51. The Bertz CT molecular complexity index is 725. The number of aryl methyl sites for hydroxylation is 2. The number of likely N-dealkylation sites (N-methyl/N-ethyl adjacent to an activating group) is 1. The highest BCUT2D eigenvalue weighted by atomic mass is 16.2. The summed E-state index contributed by atoms with van der Waals surface area (Å²) in [5.41, 5.74) is 5.49. The lowest BCUT2D eigenvalue weighted by molar-refractivity contribution is -0.905. The molecule has 132 valence electrons. The van der Waals surface area contributed by atoms with E-state index in [0.717, 1.165) is 6.42 Å². The van der Waals surface area contributed by atoms with Gasteiger partial charge in [0.05, 0.1) is 7.05 Å². The van der Waals surface area contributed by atoms with E-state index in [2.05, 4.69) is 67.8 Å². The Kier molecular flexibility index (Phi) is 5.87. The molecule has 3 nitrogen and oxygen atoms in total. The van der Waals surface area contributed by atoms with Gasteiger partial charge in [-0.2, -0.15) is 0 Å². The van der Waals surface area contributed by atoms with Gasteiger partial charge in [-0.25, -0.2) is 0 Å². The third-order valence-electron chi connectivity index (χ3n) is 5.38. The summed E-state index contributed by atoms with van der Waals surface area (Å²) < 4.78 is 0. The van der Waals surface area contributed by atoms with Crippen molar-refractivity contribution in [2.45, 2.75) is 38.6 Å². The fourth-order valence-corrected chi connectivity index (χ4v) is 3.93. The molecule has 2 aromatic carbocycles. The number of fused-ring (bicyclic) bond motifs is 1. The first-order valence-corrected chi connectivity index (χ1v) is 9.36. The van der Waals surface area contributed by atoms with E-state index in [1.54, 1.807) is 0 Å². The Morgan fingerprint density at radius 3 is 2.76 bits per heavy atom. The van der Waals surface area contributed by atoms with Gasteiger partial charge in [-0.05, 0) is 42.9 Å². The van der Waals surface area contributed by atoms with E-state index >= 15 is 0 Å². The molecule has 0 saturated carbocycles. The maximum absolute atomic E-state index is 12.4. The summed E-state index contributed by atoms with van der Waals surface area (Å²) in [6.07, 6.45) is 4.44. The zero-order chi connectivity index (χ0) is 17.6. The molecule has 3 rings (SSSR count). The van der Waals surface area contributed by atoms with Gasteiger partial charge in [0.2, 0.25) is 0 Å². The molecule has 2 aromatic rings. The average molecular weight is 337 g/mol. The van der Waals surface area contributed by atoms with Crippen LogP contribution in [0.4, 0.5) is 0 Å². The zero-order valence-corrected chi connectivity index (χ0v) is 15.3. The van der Waals surface area contributed by atoms with E-state index in [9.17, 15) is 4.79 Å². The van der Waals surface area contributed by atoms with E-state index < -0.39 is 0 Å². The zero-order valence-electron chi connectivity index (χ0n) is 15.3. The van der Waals surface area contributed by atoms with Crippen LogP contribution in [0.2, 0.25) is 0 Å². The molecule has 1 aliphatic carbocycles. The number of quaternary nitrogens is 1. The van der Waals surface area contributed by atoms with Gasteiger partial charge in [-0.15, -0.1) is 0 Å². The second-order valence-corrected chi connectivity index (χ2v) is 7.19. The first kappa shape index (κ1) is 17.7. The number of hydrogen-bond acceptors (Lipinski definition) is 1. The van der Waals surface area contributed by atoms with Crippen molar-refractivity contribution in [3.63, 3.8) is 0 Å². The van der Waals surface area contributed by atoms with Crippen molar-refractivity contribution in [2.75, 3.05) is 20.1 Å². The molecule has 0 aromatic heterocycles. The van der Waals surface area contributed by atoms with E-state index in [4.69, 9.17) is 0 Å². The third kappa shape index (κ3) is 4.49. The summed E-state index contributed by atoms with van der Waals surface area (Å²) in [6, 6.07) is 17.5. The minimum absolute atomic E-state index is 0.147. The monoisotopic (exact) mass is 337 g/mol. The summed E-state index contributed by atoms with van der Waals surface area (Å²) in [4.78, 5) is 13.6. The fraction of sp³-hybridized carbons (Fsp3) is 0.409. The molecule has 1 amide bonds. The fourth-order valence-electron chi connectivity index (χ4n) is 3.93. The highest BCUT2D eigenvalue weighted by Gasteiger charge is 2.27. The van der Waals surface area contributed by atoms with Crippen LogP contribution in [0.5, 0.6) is 0 Å². The van der Waals surface area contributed by atoms with Crippen molar-refractivity contribution in [3.05, 3.63) is 70.8 Å². The summed E-state index contributed by atoms with van der Waals surface area (Å²) in [5, 5.41) is 3.09. The SMILES string of the molecule is Cc1ccccc1CCNC(=O)C[NH+](C)[C@@H]1CCCc2ccccc21. The van der Waals surface area contributed by atoms with Crippen LogP contribution in [-0.2, 0) is 17.6 Å². The highest BCUT2D eigenvalue weighted by Crippen LogP contribution is 2.27. The molecule has 0 spiro atoms. The van der Waals surface area contributed by atoms with Crippen LogP contribution in [0.3, 0.4) is 0 Å². The average Bonchev–Trinajstić information content (AvgIpc) is 2.62. The standard InChI is InChI=1S/C22H28N2O/c1-17-8-3-4-9-18(17)14-15-23-22(25)16-24(2)21-13-7-11-19-10-5-6-12-20(19)21/h3-6,8-10,12,21H,7,11,13-16H2,1-2H3,(H,23,25)/p+1/t21-/m1/s1. The van der Waals surface area contributed by atoms with Crippen LogP contribution >= 0.6 is 0 Å². The van der Waals surface area contributed by atoms with Crippen molar-refractivity contribution in [2.24, 2.45) is 0 Å². The molecule has 0 heterocycles. The Morgan fingerprint density at radius 1 is 1.16 bits per heavy atom. The van der Waals surface area contributed by atoms with Crippen molar-refractivity contribution >= 4 is 5.91 Å². The minimum Gasteiger partial charge on any atom is -0.351 e. The van der Waals surface area contributed by atoms with Crippen LogP contribution in [0, 0.1) is 6.92 Å². The lowest BCUT2D eigenvalue weighted by Crippen LogP contribution is -3.10. The molecule has 2 atom stereocenters. The Hall–Kier alpha value is -2.13. The Labute approximate surface area is 151 Å². The first-order valence-electron chi connectivity index (χ1n) is 9.36. The maximum Gasteiger partial charge on any atom is 0.275 e. The molecule has 0 bridgehead atoms. The van der Waals surface area contributed by atoms with Crippen LogP contribution in [0.15, 0.2) is 48.5 Å². The molecule has 25 heavy (non-hydrogen) atoms. The van der Waals surface area contributed by atoms with Crippen LogP contribution < -0.4 is 10.2 Å². The van der Waals surface area contributed by atoms with Crippen molar-refractivity contribution in [3.8, 4) is 0 Å². The highest BCUT2D eigenvalue weighted by molar-refractivity contribution is 5.76. The van der Waals surface area contributed by atoms with Gasteiger partial charge in [0.1, 0.15) is 6.04 Å². The maximum atomic E-state index is 12.4. The molecule has 0 aliphatic heterocycles. The van der Waals surface area contributed by atoms with Crippen molar-refractivity contribution < 1.29 is 9.69 Å². The van der Waals surface area contributed by atoms with Gasteiger partial charge in [0.15, 0.2) is 6.54 Å². The predicted octanol–water partition coefficient (Wildman–Crippen LogP) is 2.25. The lowest BCUT2D eigenvalue weighted by atomic mass is 9.87. The molecule has 2 N–H and O–H groups in total. The summed E-state index contributed by atoms with van der Waals surface area (Å²) in [6.45, 7) is 3.36. The van der Waals surface area contributed by atoms with Crippen LogP contribution in [0.1, 0.15) is 41.1 Å². The number of nitrogens with one attached hydrogen (secondary N) is 2. The van der Waals surface area contributed by atoms with Gasteiger partial charge in [0.25, 0.3) is 5.91 Å². The number of rotatable bonds is 6. The molecule has 1 unspecified atom stereocenters. The van der Waals surface area contributed by atoms with E-state index in [0.29, 0.717) is 19.1 Å². The van der Waals surface area contributed by atoms with Gasteiger partial charge in [0, 0.05) is 18.5 Å². The van der Waals surface area contributed by atoms with E-state index in [1.165, 1.54) is 46.4 Å². The van der Waals surface area contributed by atoms with Crippen LogP contribution in [-0.4, -0.2) is 26.0 Å². The molecule has 1 aliphatic rings. The van der Waals surface area contributed by atoms with Gasteiger partial charge >= 0.3 is 0 Å². The predicted molar refractivity (Wildman–Crippen MR) is 102 cm³/mol. The minimum atomic E-state index is 0.147. The van der Waals surface area contributed by atoms with E-state index in [-0.39, 0.29) is 5.91 Å². The normalized spacial score (nSPS) is 17.6. The second kappa shape index (κ2) is 8.30. The molecular formula is C22H29N2O+.